The Bertz CT molecular complexity index is 550. The summed E-state index contributed by atoms with van der Waals surface area (Å²) in [5.41, 5.74) is 2.35. The van der Waals surface area contributed by atoms with Crippen LogP contribution in [0.2, 0.25) is 0 Å². The Hall–Kier alpha value is -0.630. The van der Waals surface area contributed by atoms with Crippen molar-refractivity contribution in [2.75, 3.05) is 14.1 Å². The van der Waals surface area contributed by atoms with Crippen LogP contribution in [0.1, 0.15) is 65.2 Å². The van der Waals surface area contributed by atoms with Gasteiger partial charge in [-0.3, -0.25) is 4.79 Å². The molecule has 0 unspecified atom stereocenters. The Kier molecular flexibility index (Phi) is 3.58. The lowest BCUT2D eigenvalue weighted by Crippen LogP contribution is -2.53. The van der Waals surface area contributed by atoms with Crippen LogP contribution in [-0.4, -0.2) is 30.8 Å². The van der Waals surface area contributed by atoms with Crippen LogP contribution in [0.5, 0.6) is 0 Å². The van der Waals surface area contributed by atoms with E-state index in [0.717, 1.165) is 36.6 Å². The SMILES string of the molecule is CN(C)[C@@H]1CC[C@H]2[C@@H]3CCC4=CC(=O)CC[C@]4(C)[C@H]3CC[C@@]21C. The predicted octanol–water partition coefficient (Wildman–Crippen LogP) is 4.45. The number of hydrogen-bond donors (Lipinski definition) is 0. The average molecular weight is 316 g/mol. The predicted molar refractivity (Wildman–Crippen MR) is 94.2 cm³/mol. The van der Waals surface area contributed by atoms with E-state index < -0.39 is 0 Å². The molecule has 0 amide bonds. The van der Waals surface area contributed by atoms with Crippen LogP contribution in [0.15, 0.2) is 11.6 Å². The summed E-state index contributed by atoms with van der Waals surface area (Å²) >= 11 is 0. The lowest BCUT2D eigenvalue weighted by atomic mass is 9.47. The number of nitrogens with zero attached hydrogens (tertiary/aromatic N) is 1. The van der Waals surface area contributed by atoms with Gasteiger partial charge in [0.25, 0.3) is 0 Å². The van der Waals surface area contributed by atoms with Gasteiger partial charge in [-0.1, -0.05) is 19.4 Å². The molecule has 6 atom stereocenters. The number of hydrogen-bond acceptors (Lipinski definition) is 2. The maximum absolute atomic E-state index is 11.9. The summed E-state index contributed by atoms with van der Waals surface area (Å²) in [7, 11) is 4.56. The zero-order valence-corrected chi connectivity index (χ0v) is 15.4. The zero-order chi connectivity index (χ0) is 16.4. The van der Waals surface area contributed by atoms with E-state index in [2.05, 4.69) is 32.8 Å². The van der Waals surface area contributed by atoms with E-state index in [1.807, 2.05) is 6.08 Å². The van der Waals surface area contributed by atoms with E-state index in [4.69, 9.17) is 0 Å². The first-order chi connectivity index (χ1) is 10.9. The minimum absolute atomic E-state index is 0.328. The van der Waals surface area contributed by atoms with E-state index in [-0.39, 0.29) is 0 Å². The monoisotopic (exact) mass is 315 g/mol. The van der Waals surface area contributed by atoms with Gasteiger partial charge in [-0.05, 0) is 93.7 Å². The van der Waals surface area contributed by atoms with Crippen molar-refractivity contribution < 1.29 is 4.79 Å². The van der Waals surface area contributed by atoms with Crippen molar-refractivity contribution >= 4 is 5.78 Å². The van der Waals surface area contributed by atoms with E-state index in [0.29, 0.717) is 16.6 Å². The van der Waals surface area contributed by atoms with Crippen molar-refractivity contribution in [2.24, 2.45) is 28.6 Å². The van der Waals surface area contributed by atoms with Gasteiger partial charge in [0.2, 0.25) is 0 Å². The quantitative estimate of drug-likeness (QED) is 0.712. The second kappa shape index (κ2) is 5.18. The zero-order valence-electron chi connectivity index (χ0n) is 15.4. The third kappa shape index (κ3) is 2.13. The topological polar surface area (TPSA) is 20.3 Å². The molecule has 3 fully saturated rings. The van der Waals surface area contributed by atoms with Crippen molar-refractivity contribution in [3.05, 3.63) is 11.6 Å². The van der Waals surface area contributed by atoms with Crippen LogP contribution < -0.4 is 0 Å². The fourth-order valence-corrected chi connectivity index (χ4v) is 7.38. The molecule has 0 radical (unpaired) electrons. The third-order valence-electron chi connectivity index (χ3n) is 8.54. The maximum Gasteiger partial charge on any atom is 0.155 e. The number of carbonyl (C=O) groups is 1. The summed E-state index contributed by atoms with van der Waals surface area (Å²) in [6.45, 7) is 5.08. The molecule has 0 aromatic rings. The van der Waals surface area contributed by atoms with Crippen LogP contribution in [0.25, 0.3) is 0 Å². The summed E-state index contributed by atoms with van der Waals surface area (Å²) < 4.78 is 0. The van der Waals surface area contributed by atoms with Gasteiger partial charge in [0.1, 0.15) is 0 Å². The average Bonchev–Trinajstić information content (AvgIpc) is 2.85. The van der Waals surface area contributed by atoms with Crippen LogP contribution in [-0.2, 0) is 4.79 Å². The molecule has 4 aliphatic carbocycles. The Labute approximate surface area is 141 Å². The van der Waals surface area contributed by atoms with Gasteiger partial charge in [-0.15, -0.1) is 0 Å². The molecule has 4 aliphatic rings. The summed E-state index contributed by atoms with van der Waals surface area (Å²) in [4.78, 5) is 14.4. The van der Waals surface area contributed by atoms with Gasteiger partial charge < -0.3 is 4.90 Å². The molecule has 0 heterocycles. The largest absolute Gasteiger partial charge is 0.306 e. The number of carbonyl (C=O) groups excluding carboxylic acids is 1. The van der Waals surface area contributed by atoms with Gasteiger partial charge in [-0.2, -0.15) is 0 Å². The normalized spacial score (nSPS) is 49.4. The highest BCUT2D eigenvalue weighted by molar-refractivity contribution is 5.91. The molecule has 0 aromatic heterocycles. The molecule has 0 aliphatic heterocycles. The van der Waals surface area contributed by atoms with E-state index in [1.165, 1.54) is 44.1 Å². The van der Waals surface area contributed by atoms with E-state index in [9.17, 15) is 4.79 Å². The smallest absolute Gasteiger partial charge is 0.155 e. The highest BCUT2D eigenvalue weighted by Crippen LogP contribution is 2.65. The molecular formula is C21H33NO. The molecule has 0 aromatic carbocycles. The highest BCUT2D eigenvalue weighted by Gasteiger charge is 2.59. The molecule has 128 valence electrons. The molecule has 0 saturated heterocycles. The lowest BCUT2D eigenvalue weighted by molar-refractivity contribution is -0.117. The molecular weight excluding hydrogens is 282 g/mol. The molecule has 23 heavy (non-hydrogen) atoms. The van der Waals surface area contributed by atoms with Crippen molar-refractivity contribution in [3.8, 4) is 0 Å². The van der Waals surface area contributed by atoms with Crippen molar-refractivity contribution in [1.29, 1.82) is 0 Å². The number of fused-ring (bicyclic) bond motifs is 5. The fourth-order valence-electron chi connectivity index (χ4n) is 7.38. The lowest BCUT2D eigenvalue weighted by Gasteiger charge is -2.58. The third-order valence-corrected chi connectivity index (χ3v) is 8.54. The van der Waals surface area contributed by atoms with Crippen molar-refractivity contribution in [1.82, 2.24) is 4.90 Å². The standard InChI is InChI=1S/C21H33NO/c1-20-11-9-15(23)13-14(20)5-6-16-17-7-8-19(22(3)4)21(17,2)12-10-18(16)20/h13,16-19H,5-12H2,1-4H3/t16-,17-,18-,19+,20-,21-/m0/s1. The van der Waals surface area contributed by atoms with Crippen LogP contribution in [0.4, 0.5) is 0 Å². The first kappa shape index (κ1) is 15.9. The van der Waals surface area contributed by atoms with Gasteiger partial charge in [0.15, 0.2) is 5.78 Å². The highest BCUT2D eigenvalue weighted by atomic mass is 16.1. The van der Waals surface area contributed by atoms with Gasteiger partial charge >= 0.3 is 0 Å². The molecule has 0 spiro atoms. The maximum atomic E-state index is 11.9. The molecule has 2 nitrogen and oxygen atoms in total. The summed E-state index contributed by atoms with van der Waals surface area (Å²) in [5.74, 6) is 3.01. The van der Waals surface area contributed by atoms with E-state index >= 15 is 0 Å². The van der Waals surface area contributed by atoms with Gasteiger partial charge in [0, 0.05) is 12.5 Å². The number of allylic oxidation sites excluding steroid dienone is 1. The van der Waals surface area contributed by atoms with Gasteiger partial charge in [0.05, 0.1) is 0 Å². The second-order valence-corrected chi connectivity index (χ2v) is 9.57. The Morgan fingerprint density at radius 1 is 1.00 bits per heavy atom. The summed E-state index contributed by atoms with van der Waals surface area (Å²) in [6.07, 6.45) is 12.0. The molecule has 4 rings (SSSR count). The molecule has 0 N–H and O–H groups in total. The minimum Gasteiger partial charge on any atom is -0.306 e. The van der Waals surface area contributed by atoms with E-state index in [1.54, 1.807) is 0 Å². The first-order valence-electron chi connectivity index (χ1n) is 9.76. The first-order valence-corrected chi connectivity index (χ1v) is 9.76. The summed E-state index contributed by atoms with van der Waals surface area (Å²) in [5, 5.41) is 0. The molecule has 3 saturated carbocycles. The van der Waals surface area contributed by atoms with Crippen molar-refractivity contribution in [3.63, 3.8) is 0 Å². The van der Waals surface area contributed by atoms with Crippen molar-refractivity contribution in [2.45, 2.75) is 71.3 Å². The molecule has 2 heteroatoms. The van der Waals surface area contributed by atoms with Crippen LogP contribution in [0, 0.1) is 28.6 Å². The Morgan fingerprint density at radius 2 is 1.78 bits per heavy atom. The summed E-state index contributed by atoms with van der Waals surface area (Å²) in [6, 6.07) is 0.770. The Morgan fingerprint density at radius 3 is 2.52 bits per heavy atom. The van der Waals surface area contributed by atoms with Crippen LogP contribution >= 0.6 is 0 Å². The number of rotatable bonds is 1. The van der Waals surface area contributed by atoms with Crippen LogP contribution in [0.3, 0.4) is 0 Å². The minimum atomic E-state index is 0.328. The second-order valence-electron chi connectivity index (χ2n) is 9.57. The van der Waals surface area contributed by atoms with Gasteiger partial charge in [-0.25, -0.2) is 0 Å². The Balaban J connectivity index is 1.66. The number of ketones is 1. The molecule has 0 bridgehead atoms. The fraction of sp³-hybridized carbons (Fsp3) is 0.857.